The highest BCUT2D eigenvalue weighted by atomic mass is 16.1. The predicted octanol–water partition coefficient (Wildman–Crippen LogP) is 4.45. The van der Waals surface area contributed by atoms with Gasteiger partial charge < -0.3 is 0 Å². The summed E-state index contributed by atoms with van der Waals surface area (Å²) in [6, 6.07) is 20.8. The molecule has 0 bridgehead atoms. The van der Waals surface area contributed by atoms with Crippen molar-refractivity contribution in [2.45, 2.75) is 45.8 Å². The quantitative estimate of drug-likeness (QED) is 0.717. The van der Waals surface area contributed by atoms with Gasteiger partial charge in [0, 0.05) is 13.1 Å². The maximum atomic E-state index is 12.1. The largest absolute Gasteiger partial charge is 0.298 e. The summed E-state index contributed by atoms with van der Waals surface area (Å²) >= 11 is 0. The van der Waals surface area contributed by atoms with Crippen LogP contribution in [0.3, 0.4) is 0 Å². The molecule has 0 aromatic heterocycles. The summed E-state index contributed by atoms with van der Waals surface area (Å²) in [7, 11) is 0. The molecule has 2 heteroatoms. The first kappa shape index (κ1) is 16.4. The van der Waals surface area contributed by atoms with Gasteiger partial charge in [-0.05, 0) is 24.5 Å². The van der Waals surface area contributed by atoms with E-state index in [1.54, 1.807) is 6.92 Å². The Morgan fingerprint density at radius 1 is 0.909 bits per heavy atom. The molecular weight excluding hydrogens is 270 g/mol. The van der Waals surface area contributed by atoms with Crippen LogP contribution in [0, 0.1) is 0 Å². The third kappa shape index (κ3) is 4.81. The van der Waals surface area contributed by atoms with Crippen molar-refractivity contribution in [1.82, 2.24) is 4.90 Å². The second-order valence-corrected chi connectivity index (χ2v) is 5.79. The third-order valence-corrected chi connectivity index (χ3v) is 3.93. The molecule has 0 aliphatic carbocycles. The van der Waals surface area contributed by atoms with E-state index in [9.17, 15) is 4.79 Å². The number of nitrogens with zero attached hydrogens (tertiary/aromatic N) is 1. The lowest BCUT2D eigenvalue weighted by molar-refractivity contribution is -0.122. The van der Waals surface area contributed by atoms with Crippen molar-refractivity contribution >= 4 is 5.78 Å². The zero-order valence-electron chi connectivity index (χ0n) is 13.5. The van der Waals surface area contributed by atoms with E-state index < -0.39 is 0 Å². The van der Waals surface area contributed by atoms with Crippen molar-refractivity contribution in [1.29, 1.82) is 0 Å². The summed E-state index contributed by atoms with van der Waals surface area (Å²) in [5.41, 5.74) is 2.50. The molecule has 0 fully saturated rings. The lowest BCUT2D eigenvalue weighted by Crippen LogP contribution is -2.39. The normalized spacial score (nSPS) is 12.3. The summed E-state index contributed by atoms with van der Waals surface area (Å²) in [6.07, 6.45) is 1.93. The van der Waals surface area contributed by atoms with Gasteiger partial charge in [-0.15, -0.1) is 0 Å². The topological polar surface area (TPSA) is 20.3 Å². The maximum Gasteiger partial charge on any atom is 0.146 e. The summed E-state index contributed by atoms with van der Waals surface area (Å²) in [5, 5.41) is 0. The van der Waals surface area contributed by atoms with E-state index in [-0.39, 0.29) is 11.8 Å². The third-order valence-electron chi connectivity index (χ3n) is 3.93. The molecule has 1 atom stereocenters. The standard InChI is InChI=1S/C20H25NO/c1-3-10-20(17(2)22)21(15-18-11-6-4-7-12-18)16-19-13-8-5-9-14-19/h4-9,11-14,20H,3,10,15-16H2,1-2H3/t20-/m0/s1. The van der Waals surface area contributed by atoms with E-state index in [2.05, 4.69) is 60.4 Å². The summed E-state index contributed by atoms with van der Waals surface area (Å²) < 4.78 is 0. The number of hydrogen-bond acceptors (Lipinski definition) is 2. The fourth-order valence-corrected chi connectivity index (χ4v) is 2.83. The van der Waals surface area contributed by atoms with Crippen LogP contribution in [0.1, 0.15) is 37.8 Å². The Morgan fingerprint density at radius 3 is 1.73 bits per heavy atom. The number of ketones is 1. The van der Waals surface area contributed by atoms with Crippen LogP contribution in [0.15, 0.2) is 60.7 Å². The van der Waals surface area contributed by atoms with Crippen LogP contribution < -0.4 is 0 Å². The number of carbonyl (C=O) groups is 1. The van der Waals surface area contributed by atoms with Crippen LogP contribution in [0.2, 0.25) is 0 Å². The highest BCUT2D eigenvalue weighted by molar-refractivity contribution is 5.81. The van der Waals surface area contributed by atoms with Gasteiger partial charge in [0.2, 0.25) is 0 Å². The van der Waals surface area contributed by atoms with Crippen LogP contribution in [0.4, 0.5) is 0 Å². The summed E-state index contributed by atoms with van der Waals surface area (Å²) in [6.45, 7) is 5.46. The molecule has 0 amide bonds. The lowest BCUT2D eigenvalue weighted by Gasteiger charge is -2.30. The SMILES string of the molecule is CCC[C@@H](C(C)=O)N(Cc1ccccc1)Cc1ccccc1. The molecule has 0 spiro atoms. The van der Waals surface area contributed by atoms with Gasteiger partial charge in [-0.2, -0.15) is 0 Å². The minimum Gasteiger partial charge on any atom is -0.298 e. The minimum atomic E-state index is -0.00888. The highest BCUT2D eigenvalue weighted by Gasteiger charge is 2.22. The Bertz CT molecular complexity index is 523. The molecule has 2 rings (SSSR count). The Labute approximate surface area is 133 Å². The Morgan fingerprint density at radius 2 is 1.36 bits per heavy atom. The second kappa shape index (κ2) is 8.50. The average Bonchev–Trinajstić information content (AvgIpc) is 2.54. The van der Waals surface area contributed by atoms with Crippen LogP contribution in [-0.4, -0.2) is 16.7 Å². The van der Waals surface area contributed by atoms with Crippen LogP contribution in [0.25, 0.3) is 0 Å². The first-order valence-corrected chi connectivity index (χ1v) is 8.03. The van der Waals surface area contributed by atoms with Gasteiger partial charge in [-0.25, -0.2) is 0 Å². The molecule has 22 heavy (non-hydrogen) atoms. The summed E-state index contributed by atoms with van der Waals surface area (Å²) in [5.74, 6) is 0.258. The van der Waals surface area contributed by atoms with Gasteiger partial charge in [-0.1, -0.05) is 74.0 Å². The monoisotopic (exact) mass is 295 g/mol. The number of rotatable bonds is 8. The number of benzene rings is 2. The minimum absolute atomic E-state index is 0.00888. The molecule has 116 valence electrons. The lowest BCUT2D eigenvalue weighted by atomic mass is 10.0. The van der Waals surface area contributed by atoms with Crippen LogP contribution in [0.5, 0.6) is 0 Å². The van der Waals surface area contributed by atoms with E-state index >= 15 is 0 Å². The molecule has 0 saturated heterocycles. The van der Waals surface area contributed by atoms with E-state index in [0.29, 0.717) is 0 Å². The van der Waals surface area contributed by atoms with Crippen molar-refractivity contribution < 1.29 is 4.79 Å². The Hall–Kier alpha value is -1.93. The molecule has 0 heterocycles. The molecule has 0 aliphatic rings. The zero-order valence-corrected chi connectivity index (χ0v) is 13.5. The second-order valence-electron chi connectivity index (χ2n) is 5.79. The molecule has 0 unspecified atom stereocenters. The van der Waals surface area contributed by atoms with Gasteiger partial charge in [0.15, 0.2) is 0 Å². The average molecular weight is 295 g/mol. The first-order valence-electron chi connectivity index (χ1n) is 8.03. The molecule has 2 nitrogen and oxygen atoms in total. The zero-order chi connectivity index (χ0) is 15.8. The van der Waals surface area contributed by atoms with Crippen LogP contribution in [-0.2, 0) is 17.9 Å². The van der Waals surface area contributed by atoms with Crippen molar-refractivity contribution in [3.63, 3.8) is 0 Å². The summed E-state index contributed by atoms with van der Waals surface area (Å²) in [4.78, 5) is 14.4. The number of Topliss-reactive ketones (excluding diaryl/α,β-unsaturated/α-hetero) is 1. The molecule has 2 aromatic carbocycles. The van der Waals surface area contributed by atoms with Gasteiger partial charge in [-0.3, -0.25) is 9.69 Å². The van der Waals surface area contributed by atoms with Gasteiger partial charge >= 0.3 is 0 Å². The number of hydrogen-bond donors (Lipinski definition) is 0. The fourth-order valence-electron chi connectivity index (χ4n) is 2.83. The number of carbonyl (C=O) groups excluding carboxylic acids is 1. The predicted molar refractivity (Wildman–Crippen MR) is 91.5 cm³/mol. The van der Waals surface area contributed by atoms with Gasteiger partial charge in [0.05, 0.1) is 6.04 Å². The van der Waals surface area contributed by atoms with Gasteiger partial charge in [0.1, 0.15) is 5.78 Å². The van der Waals surface area contributed by atoms with Crippen molar-refractivity contribution in [2.24, 2.45) is 0 Å². The molecule has 2 aromatic rings. The fraction of sp³-hybridized carbons (Fsp3) is 0.350. The Balaban J connectivity index is 2.20. The molecular formula is C20H25NO. The smallest absolute Gasteiger partial charge is 0.146 e. The molecule has 0 radical (unpaired) electrons. The first-order chi connectivity index (χ1) is 10.7. The van der Waals surface area contributed by atoms with Gasteiger partial charge in [0.25, 0.3) is 0 Å². The molecule has 0 saturated carbocycles. The highest BCUT2D eigenvalue weighted by Crippen LogP contribution is 2.17. The van der Waals surface area contributed by atoms with E-state index in [4.69, 9.17) is 0 Å². The van der Waals surface area contributed by atoms with Crippen LogP contribution >= 0.6 is 0 Å². The molecule has 0 aliphatic heterocycles. The van der Waals surface area contributed by atoms with Crippen molar-refractivity contribution in [3.8, 4) is 0 Å². The maximum absolute atomic E-state index is 12.1. The van der Waals surface area contributed by atoms with E-state index in [0.717, 1.165) is 25.9 Å². The molecule has 0 N–H and O–H groups in total. The van der Waals surface area contributed by atoms with E-state index in [1.807, 2.05) is 12.1 Å². The van der Waals surface area contributed by atoms with Crippen molar-refractivity contribution in [2.75, 3.05) is 0 Å². The van der Waals surface area contributed by atoms with E-state index in [1.165, 1.54) is 11.1 Å². The Kier molecular flexibility index (Phi) is 6.35. The van der Waals surface area contributed by atoms with Crippen molar-refractivity contribution in [3.05, 3.63) is 71.8 Å².